The van der Waals surface area contributed by atoms with Gasteiger partial charge in [0.05, 0.1) is 0 Å². The van der Waals surface area contributed by atoms with Gasteiger partial charge in [0.1, 0.15) is 16.7 Å². The standard InChI is InChI=1S/C47H30N2O2/c1-3-11-31(12-4-1)34-15-9-16-36(29-34)49(37-25-26-41-40-17-7-8-20-44(40)50-45(41)30-37)35-23-21-32(22-24-35)38-18-10-19-42-39(38)27-28-43-46(42)51-47(48-43)33-13-5-2-6-14-33/h1-30H. The van der Waals surface area contributed by atoms with E-state index in [2.05, 4.69) is 144 Å². The zero-order valence-corrected chi connectivity index (χ0v) is 27.5. The molecule has 0 unspecified atom stereocenters. The molecule has 8 aromatic carbocycles. The molecule has 240 valence electrons. The summed E-state index contributed by atoms with van der Waals surface area (Å²) in [6.07, 6.45) is 0. The maximum absolute atomic E-state index is 6.37. The van der Waals surface area contributed by atoms with Crippen LogP contribution in [0, 0.1) is 0 Å². The van der Waals surface area contributed by atoms with Crippen LogP contribution in [0.2, 0.25) is 0 Å². The molecule has 0 aliphatic rings. The number of benzene rings is 8. The minimum absolute atomic E-state index is 0.630. The summed E-state index contributed by atoms with van der Waals surface area (Å²) in [6, 6.07) is 63.4. The second-order valence-electron chi connectivity index (χ2n) is 12.8. The van der Waals surface area contributed by atoms with Crippen LogP contribution in [0.15, 0.2) is 191 Å². The maximum atomic E-state index is 6.37. The lowest BCUT2D eigenvalue weighted by molar-refractivity contribution is 0.623. The number of fused-ring (bicyclic) bond motifs is 6. The molecule has 0 bridgehead atoms. The van der Waals surface area contributed by atoms with Crippen molar-refractivity contribution in [3.63, 3.8) is 0 Å². The lowest BCUT2D eigenvalue weighted by Crippen LogP contribution is -2.10. The first-order chi connectivity index (χ1) is 25.3. The molecule has 0 saturated carbocycles. The van der Waals surface area contributed by atoms with Gasteiger partial charge in [-0.15, -0.1) is 0 Å². The van der Waals surface area contributed by atoms with Crippen LogP contribution in [0.25, 0.3) is 77.5 Å². The fourth-order valence-corrected chi connectivity index (χ4v) is 7.24. The Balaban J connectivity index is 1.08. The Morgan fingerprint density at radius 3 is 1.86 bits per heavy atom. The van der Waals surface area contributed by atoms with Crippen LogP contribution in [-0.4, -0.2) is 4.98 Å². The zero-order valence-electron chi connectivity index (χ0n) is 27.5. The number of aromatic nitrogens is 1. The molecule has 2 heterocycles. The second kappa shape index (κ2) is 11.9. The van der Waals surface area contributed by atoms with Gasteiger partial charge in [0.25, 0.3) is 0 Å². The summed E-state index contributed by atoms with van der Waals surface area (Å²) in [7, 11) is 0. The first-order valence-corrected chi connectivity index (χ1v) is 17.1. The van der Waals surface area contributed by atoms with Gasteiger partial charge in [0.15, 0.2) is 5.58 Å². The molecule has 0 N–H and O–H groups in total. The van der Waals surface area contributed by atoms with E-state index in [0.29, 0.717) is 5.89 Å². The Morgan fingerprint density at radius 2 is 1.02 bits per heavy atom. The van der Waals surface area contributed by atoms with Gasteiger partial charge in [-0.1, -0.05) is 115 Å². The smallest absolute Gasteiger partial charge is 0.227 e. The first-order valence-electron chi connectivity index (χ1n) is 17.1. The highest BCUT2D eigenvalue weighted by Gasteiger charge is 2.18. The monoisotopic (exact) mass is 654 g/mol. The number of hydrogen-bond donors (Lipinski definition) is 0. The van der Waals surface area contributed by atoms with E-state index in [0.717, 1.165) is 83.1 Å². The van der Waals surface area contributed by atoms with Crippen molar-refractivity contribution in [2.24, 2.45) is 0 Å². The molecule has 4 nitrogen and oxygen atoms in total. The first kappa shape index (κ1) is 29.0. The Hall–Kier alpha value is -6.91. The molecule has 10 aromatic rings. The molecule has 0 amide bonds. The minimum atomic E-state index is 0.630. The van der Waals surface area contributed by atoms with Crippen LogP contribution in [0.5, 0.6) is 0 Å². The number of rotatable bonds is 6. The molecule has 0 atom stereocenters. The normalized spacial score (nSPS) is 11.5. The molecule has 2 aromatic heterocycles. The highest BCUT2D eigenvalue weighted by atomic mass is 16.3. The van der Waals surface area contributed by atoms with Crippen molar-refractivity contribution >= 4 is 60.9 Å². The van der Waals surface area contributed by atoms with E-state index in [4.69, 9.17) is 13.8 Å². The molecule has 0 radical (unpaired) electrons. The largest absolute Gasteiger partial charge is 0.456 e. The van der Waals surface area contributed by atoms with Gasteiger partial charge in [-0.25, -0.2) is 4.98 Å². The number of furan rings is 1. The summed E-state index contributed by atoms with van der Waals surface area (Å²) in [4.78, 5) is 7.10. The zero-order chi connectivity index (χ0) is 33.7. The van der Waals surface area contributed by atoms with E-state index in [1.54, 1.807) is 0 Å². The van der Waals surface area contributed by atoms with Crippen molar-refractivity contribution < 1.29 is 8.83 Å². The predicted octanol–water partition coefficient (Wildman–Crippen LogP) is 13.4. The number of oxazole rings is 1. The molecule has 0 saturated heterocycles. The van der Waals surface area contributed by atoms with Gasteiger partial charge in [-0.3, -0.25) is 0 Å². The van der Waals surface area contributed by atoms with Crippen LogP contribution >= 0.6 is 0 Å². The Kier molecular flexibility index (Phi) is 6.78. The third kappa shape index (κ3) is 5.04. The Labute approximate surface area is 294 Å². The van der Waals surface area contributed by atoms with Crippen molar-refractivity contribution in [2.75, 3.05) is 4.90 Å². The van der Waals surface area contributed by atoms with Gasteiger partial charge in [-0.2, -0.15) is 0 Å². The summed E-state index contributed by atoms with van der Waals surface area (Å²) in [5.41, 5.74) is 12.1. The summed E-state index contributed by atoms with van der Waals surface area (Å²) in [5.74, 6) is 0.630. The third-order valence-electron chi connectivity index (χ3n) is 9.70. The van der Waals surface area contributed by atoms with Crippen LogP contribution in [0.4, 0.5) is 17.1 Å². The molecule has 0 fully saturated rings. The minimum Gasteiger partial charge on any atom is -0.456 e. The molecule has 0 spiro atoms. The van der Waals surface area contributed by atoms with Crippen molar-refractivity contribution in [1.29, 1.82) is 0 Å². The molecular weight excluding hydrogens is 625 g/mol. The molecule has 4 heteroatoms. The average molecular weight is 655 g/mol. The Bertz CT molecular complexity index is 2850. The third-order valence-corrected chi connectivity index (χ3v) is 9.70. The van der Waals surface area contributed by atoms with Crippen molar-refractivity contribution in [2.45, 2.75) is 0 Å². The summed E-state index contributed by atoms with van der Waals surface area (Å²) in [6.45, 7) is 0. The van der Waals surface area contributed by atoms with E-state index in [-0.39, 0.29) is 0 Å². The Morgan fingerprint density at radius 1 is 0.373 bits per heavy atom. The van der Waals surface area contributed by atoms with Crippen molar-refractivity contribution in [1.82, 2.24) is 4.98 Å². The van der Waals surface area contributed by atoms with E-state index in [1.165, 1.54) is 5.56 Å². The van der Waals surface area contributed by atoms with Gasteiger partial charge < -0.3 is 13.7 Å². The van der Waals surface area contributed by atoms with Gasteiger partial charge in [0.2, 0.25) is 5.89 Å². The van der Waals surface area contributed by atoms with Gasteiger partial charge >= 0.3 is 0 Å². The van der Waals surface area contributed by atoms with Gasteiger partial charge in [0, 0.05) is 44.9 Å². The number of para-hydroxylation sites is 1. The highest BCUT2D eigenvalue weighted by molar-refractivity contribution is 6.09. The fourth-order valence-electron chi connectivity index (χ4n) is 7.24. The topological polar surface area (TPSA) is 42.4 Å². The van der Waals surface area contributed by atoms with Crippen LogP contribution < -0.4 is 4.90 Å². The van der Waals surface area contributed by atoms with E-state index in [9.17, 15) is 0 Å². The lowest BCUT2D eigenvalue weighted by atomic mass is 9.97. The average Bonchev–Trinajstić information content (AvgIpc) is 3.81. The van der Waals surface area contributed by atoms with Crippen LogP contribution in [0.3, 0.4) is 0 Å². The highest BCUT2D eigenvalue weighted by Crippen LogP contribution is 2.41. The number of nitrogens with zero attached hydrogens (tertiary/aromatic N) is 2. The van der Waals surface area contributed by atoms with E-state index < -0.39 is 0 Å². The summed E-state index contributed by atoms with van der Waals surface area (Å²) in [5, 5.41) is 4.39. The second-order valence-corrected chi connectivity index (χ2v) is 12.8. The van der Waals surface area contributed by atoms with Crippen molar-refractivity contribution in [3.8, 4) is 33.7 Å². The number of anilines is 3. The summed E-state index contributed by atoms with van der Waals surface area (Å²) >= 11 is 0. The fraction of sp³-hybridized carbons (Fsp3) is 0. The molecule has 51 heavy (non-hydrogen) atoms. The SMILES string of the molecule is c1ccc(-c2cccc(N(c3ccc(-c4cccc5c4ccc4nc(-c6ccccc6)oc45)cc3)c3ccc4c(c3)oc3ccccc34)c2)cc1. The molecule has 0 aliphatic carbocycles. The van der Waals surface area contributed by atoms with Crippen LogP contribution in [0.1, 0.15) is 0 Å². The number of hydrogen-bond acceptors (Lipinski definition) is 4. The molecule has 10 rings (SSSR count). The summed E-state index contributed by atoms with van der Waals surface area (Å²) < 4.78 is 12.7. The predicted molar refractivity (Wildman–Crippen MR) is 210 cm³/mol. The van der Waals surface area contributed by atoms with Crippen LogP contribution in [-0.2, 0) is 0 Å². The maximum Gasteiger partial charge on any atom is 0.227 e. The van der Waals surface area contributed by atoms with Gasteiger partial charge in [-0.05, 0) is 88.3 Å². The quantitative estimate of drug-likeness (QED) is 0.179. The lowest BCUT2D eigenvalue weighted by Gasteiger charge is -2.26. The van der Waals surface area contributed by atoms with E-state index in [1.807, 2.05) is 42.5 Å². The molecule has 0 aliphatic heterocycles. The molecular formula is C47H30N2O2. The van der Waals surface area contributed by atoms with E-state index >= 15 is 0 Å². The van der Waals surface area contributed by atoms with Crippen molar-refractivity contribution in [3.05, 3.63) is 182 Å².